The summed E-state index contributed by atoms with van der Waals surface area (Å²) in [5, 5.41) is 0. The van der Waals surface area contributed by atoms with E-state index in [0.29, 0.717) is 17.3 Å². The Balaban J connectivity index is 1.27. The highest BCUT2D eigenvalue weighted by Crippen LogP contribution is 2.66. The van der Waals surface area contributed by atoms with E-state index in [2.05, 4.69) is 33.8 Å². The van der Waals surface area contributed by atoms with E-state index in [9.17, 15) is 4.79 Å². The minimum absolute atomic E-state index is 0.0548. The molecule has 4 rings (SSSR count). The molecule has 0 aromatic carbocycles. The highest BCUT2D eigenvalue weighted by Gasteiger charge is 2.58. The standard InChI is InChI=1S/C36H62O2/c1-5-7-9-11-13-15-17-28-20-22-32-31-21-19-29-27-30(38-34(37)18-16-14-12-10-8-6-2)23-25-36(29,4)33(31)24-26-35(28,32)3/h19,28,30-33H,5-18,20-27H2,1-4H3/t28-,30-,31-,32-,33-,35+,36-/m0/s1. The molecular formula is C36H62O2. The van der Waals surface area contributed by atoms with E-state index in [1.54, 1.807) is 5.57 Å². The second kappa shape index (κ2) is 14.2. The Bertz CT molecular complexity index is 769. The van der Waals surface area contributed by atoms with Crippen LogP contribution in [0.25, 0.3) is 0 Å². The quantitative estimate of drug-likeness (QED) is 0.120. The van der Waals surface area contributed by atoms with Crippen LogP contribution in [-0.4, -0.2) is 12.1 Å². The first-order valence-corrected chi connectivity index (χ1v) is 17.3. The van der Waals surface area contributed by atoms with Gasteiger partial charge in [0, 0.05) is 12.8 Å². The molecule has 0 N–H and O–H groups in total. The Labute approximate surface area is 236 Å². The van der Waals surface area contributed by atoms with Crippen molar-refractivity contribution in [2.45, 2.75) is 175 Å². The maximum atomic E-state index is 12.6. The molecule has 3 saturated carbocycles. The molecule has 4 aliphatic carbocycles. The van der Waals surface area contributed by atoms with Gasteiger partial charge in [0.15, 0.2) is 0 Å². The zero-order chi connectivity index (χ0) is 27.0. The van der Waals surface area contributed by atoms with Crippen molar-refractivity contribution >= 4 is 5.97 Å². The first-order chi connectivity index (χ1) is 18.4. The number of carbonyl (C=O) groups excluding carboxylic acids is 1. The fourth-order valence-corrected chi connectivity index (χ4v) is 9.78. The maximum Gasteiger partial charge on any atom is 0.306 e. The Kier molecular flexibility index (Phi) is 11.3. The van der Waals surface area contributed by atoms with Crippen molar-refractivity contribution in [3.8, 4) is 0 Å². The number of carbonyl (C=O) groups is 1. The molecule has 218 valence electrons. The van der Waals surface area contributed by atoms with Crippen molar-refractivity contribution in [1.82, 2.24) is 0 Å². The van der Waals surface area contributed by atoms with Gasteiger partial charge < -0.3 is 4.74 Å². The van der Waals surface area contributed by atoms with Crippen LogP contribution in [-0.2, 0) is 9.53 Å². The molecule has 0 aromatic heterocycles. The van der Waals surface area contributed by atoms with Crippen LogP contribution in [0.3, 0.4) is 0 Å². The predicted molar refractivity (Wildman–Crippen MR) is 161 cm³/mol. The zero-order valence-corrected chi connectivity index (χ0v) is 25.8. The van der Waals surface area contributed by atoms with Gasteiger partial charge in [-0.05, 0) is 92.3 Å². The van der Waals surface area contributed by atoms with Gasteiger partial charge in [0.2, 0.25) is 0 Å². The van der Waals surface area contributed by atoms with E-state index in [4.69, 9.17) is 4.74 Å². The maximum absolute atomic E-state index is 12.6. The molecule has 0 aromatic rings. The van der Waals surface area contributed by atoms with E-state index in [1.807, 2.05) is 0 Å². The Morgan fingerprint density at radius 1 is 0.816 bits per heavy atom. The summed E-state index contributed by atoms with van der Waals surface area (Å²) in [4.78, 5) is 12.6. The van der Waals surface area contributed by atoms with Gasteiger partial charge in [-0.2, -0.15) is 0 Å². The fourth-order valence-electron chi connectivity index (χ4n) is 9.78. The van der Waals surface area contributed by atoms with Crippen molar-refractivity contribution in [3.05, 3.63) is 11.6 Å². The summed E-state index contributed by atoms with van der Waals surface area (Å²) in [6.45, 7) is 9.86. The molecule has 0 unspecified atom stereocenters. The van der Waals surface area contributed by atoms with Gasteiger partial charge in [0.25, 0.3) is 0 Å². The van der Waals surface area contributed by atoms with Gasteiger partial charge in [-0.1, -0.05) is 110 Å². The van der Waals surface area contributed by atoms with Crippen LogP contribution in [0.5, 0.6) is 0 Å². The van der Waals surface area contributed by atoms with Crippen molar-refractivity contribution < 1.29 is 9.53 Å². The van der Waals surface area contributed by atoms with Crippen LogP contribution in [0.4, 0.5) is 0 Å². The second-order valence-corrected chi connectivity index (χ2v) is 14.5. The van der Waals surface area contributed by atoms with Gasteiger partial charge in [0.05, 0.1) is 0 Å². The van der Waals surface area contributed by atoms with E-state index < -0.39 is 0 Å². The molecule has 0 aliphatic heterocycles. The lowest BCUT2D eigenvalue weighted by Crippen LogP contribution is -2.50. The Morgan fingerprint density at radius 2 is 1.50 bits per heavy atom. The van der Waals surface area contributed by atoms with Gasteiger partial charge in [-0.15, -0.1) is 0 Å². The van der Waals surface area contributed by atoms with Crippen molar-refractivity contribution in [2.75, 3.05) is 0 Å². The number of ether oxygens (including phenoxy) is 1. The molecule has 4 aliphatic rings. The molecule has 0 heterocycles. The molecule has 0 amide bonds. The van der Waals surface area contributed by atoms with E-state index in [-0.39, 0.29) is 12.1 Å². The van der Waals surface area contributed by atoms with E-state index in [1.165, 1.54) is 116 Å². The fraction of sp³-hybridized carbons (Fsp3) is 0.917. The van der Waals surface area contributed by atoms with E-state index in [0.717, 1.165) is 42.9 Å². The molecule has 0 saturated heterocycles. The lowest BCUT2D eigenvalue weighted by molar-refractivity contribution is -0.151. The van der Waals surface area contributed by atoms with Crippen molar-refractivity contribution in [3.63, 3.8) is 0 Å². The summed E-state index contributed by atoms with van der Waals surface area (Å²) < 4.78 is 6.04. The van der Waals surface area contributed by atoms with Crippen LogP contribution >= 0.6 is 0 Å². The summed E-state index contributed by atoms with van der Waals surface area (Å²) in [6, 6.07) is 0. The van der Waals surface area contributed by atoms with Gasteiger partial charge >= 0.3 is 5.97 Å². The molecule has 2 heteroatoms. The average molecular weight is 527 g/mol. The summed E-state index contributed by atoms with van der Waals surface area (Å²) in [5.74, 6) is 3.71. The first kappa shape index (κ1) is 30.2. The molecular weight excluding hydrogens is 464 g/mol. The Morgan fingerprint density at radius 3 is 2.24 bits per heavy atom. The molecule has 0 bridgehead atoms. The lowest BCUT2D eigenvalue weighted by Gasteiger charge is -2.58. The largest absolute Gasteiger partial charge is 0.462 e. The third kappa shape index (κ3) is 6.91. The van der Waals surface area contributed by atoms with Crippen LogP contribution < -0.4 is 0 Å². The predicted octanol–water partition coefficient (Wildman–Crippen LogP) is 11.0. The molecule has 3 fully saturated rings. The van der Waals surface area contributed by atoms with Crippen LogP contribution in [0.15, 0.2) is 11.6 Å². The van der Waals surface area contributed by atoms with E-state index >= 15 is 0 Å². The van der Waals surface area contributed by atoms with Gasteiger partial charge in [-0.3, -0.25) is 4.79 Å². The number of fused-ring (bicyclic) bond motifs is 5. The number of hydrogen-bond donors (Lipinski definition) is 0. The smallest absolute Gasteiger partial charge is 0.306 e. The number of unbranched alkanes of at least 4 members (excludes halogenated alkanes) is 10. The summed E-state index contributed by atoms with van der Waals surface area (Å²) >= 11 is 0. The number of allylic oxidation sites excluding steroid dienone is 1. The third-order valence-corrected chi connectivity index (χ3v) is 12.2. The number of hydrogen-bond acceptors (Lipinski definition) is 2. The minimum Gasteiger partial charge on any atom is -0.462 e. The minimum atomic E-state index is 0.0548. The SMILES string of the molecule is CCCCCCCCC(=O)O[C@H]1CC[C@@]2(C)C(=CC[C@H]3[C@@H]4CC[C@H](CCCCCCCC)[C@@]4(C)CC[C@@H]32)C1. The molecule has 2 nitrogen and oxygen atoms in total. The molecule has 38 heavy (non-hydrogen) atoms. The highest BCUT2D eigenvalue weighted by atomic mass is 16.5. The normalized spacial score (nSPS) is 36.2. The molecule has 7 atom stereocenters. The third-order valence-electron chi connectivity index (χ3n) is 12.2. The summed E-state index contributed by atoms with van der Waals surface area (Å²) in [6.07, 6.45) is 31.2. The topological polar surface area (TPSA) is 26.3 Å². The zero-order valence-electron chi connectivity index (χ0n) is 25.8. The lowest BCUT2D eigenvalue weighted by atomic mass is 9.47. The second-order valence-electron chi connectivity index (χ2n) is 14.5. The summed E-state index contributed by atoms with van der Waals surface area (Å²) in [5.41, 5.74) is 2.59. The summed E-state index contributed by atoms with van der Waals surface area (Å²) in [7, 11) is 0. The number of rotatable bonds is 15. The van der Waals surface area contributed by atoms with Crippen LogP contribution in [0, 0.1) is 34.5 Å². The first-order valence-electron chi connectivity index (χ1n) is 17.3. The molecule has 0 spiro atoms. The molecule has 0 radical (unpaired) electrons. The van der Waals surface area contributed by atoms with Crippen LogP contribution in [0.1, 0.15) is 169 Å². The van der Waals surface area contributed by atoms with Crippen molar-refractivity contribution in [2.24, 2.45) is 34.5 Å². The van der Waals surface area contributed by atoms with Gasteiger partial charge in [0.1, 0.15) is 6.10 Å². The monoisotopic (exact) mass is 526 g/mol. The van der Waals surface area contributed by atoms with Crippen LogP contribution in [0.2, 0.25) is 0 Å². The number of esters is 1. The van der Waals surface area contributed by atoms with Crippen molar-refractivity contribution in [1.29, 1.82) is 0 Å². The Hall–Kier alpha value is -0.790. The van der Waals surface area contributed by atoms with Gasteiger partial charge in [-0.25, -0.2) is 0 Å². The highest BCUT2D eigenvalue weighted by molar-refractivity contribution is 5.69. The average Bonchev–Trinajstić information content (AvgIpc) is 3.24.